The Kier molecular flexibility index (Phi) is 5.08. The number of furan rings is 1. The highest BCUT2D eigenvalue weighted by atomic mass is 16.3. The Labute approximate surface area is 190 Å². The minimum atomic E-state index is -0.315. The molecule has 33 heavy (non-hydrogen) atoms. The van der Waals surface area contributed by atoms with Gasteiger partial charge in [0.1, 0.15) is 11.4 Å². The second kappa shape index (κ2) is 8.09. The molecule has 4 heterocycles. The van der Waals surface area contributed by atoms with Gasteiger partial charge in [0.05, 0.1) is 11.8 Å². The number of hydrogen-bond donors (Lipinski definition) is 2. The van der Waals surface area contributed by atoms with Crippen LogP contribution in [0.3, 0.4) is 0 Å². The van der Waals surface area contributed by atoms with Crippen molar-refractivity contribution >= 4 is 28.6 Å². The summed E-state index contributed by atoms with van der Waals surface area (Å²) in [5.41, 5.74) is 9.41. The number of nitrogens with two attached hydrogens (primary N) is 1. The van der Waals surface area contributed by atoms with E-state index in [9.17, 15) is 9.59 Å². The number of pyridine rings is 1. The summed E-state index contributed by atoms with van der Waals surface area (Å²) >= 11 is 0. The maximum Gasteiger partial charge on any atom is 0.289 e. The SMILES string of the molecule is Cc1c(C(=O)N2CC[C@@H](NC(=O)c3cc(-c4cnn(C)c4)cnc3N)C2)oc2ccccc12. The molecule has 3 N–H and O–H groups in total. The van der Waals surface area contributed by atoms with Gasteiger partial charge in [-0.1, -0.05) is 18.2 Å². The van der Waals surface area contributed by atoms with Gasteiger partial charge in [0.15, 0.2) is 5.76 Å². The molecule has 5 rings (SSSR count). The van der Waals surface area contributed by atoms with Crippen LogP contribution in [0.15, 0.2) is 53.3 Å². The van der Waals surface area contributed by atoms with Crippen LogP contribution < -0.4 is 11.1 Å². The van der Waals surface area contributed by atoms with E-state index < -0.39 is 0 Å². The number of amides is 2. The van der Waals surface area contributed by atoms with Crippen LogP contribution in [0, 0.1) is 6.92 Å². The van der Waals surface area contributed by atoms with Crippen LogP contribution in [-0.2, 0) is 7.05 Å². The van der Waals surface area contributed by atoms with Gasteiger partial charge < -0.3 is 20.4 Å². The van der Waals surface area contributed by atoms with Crippen LogP contribution in [0.2, 0.25) is 0 Å². The summed E-state index contributed by atoms with van der Waals surface area (Å²) in [5.74, 6) is 0.0231. The Morgan fingerprint density at radius 3 is 2.79 bits per heavy atom. The van der Waals surface area contributed by atoms with Crippen molar-refractivity contribution in [3.05, 3.63) is 65.8 Å². The topological polar surface area (TPSA) is 119 Å². The molecular weight excluding hydrogens is 420 g/mol. The quantitative estimate of drug-likeness (QED) is 0.500. The lowest BCUT2D eigenvalue weighted by Crippen LogP contribution is -2.38. The summed E-state index contributed by atoms with van der Waals surface area (Å²) < 4.78 is 7.50. The summed E-state index contributed by atoms with van der Waals surface area (Å²) in [6, 6.07) is 9.12. The minimum Gasteiger partial charge on any atom is -0.451 e. The molecule has 1 saturated heterocycles. The van der Waals surface area contributed by atoms with Gasteiger partial charge in [0.2, 0.25) is 0 Å². The van der Waals surface area contributed by atoms with Gasteiger partial charge in [-0.05, 0) is 25.5 Å². The van der Waals surface area contributed by atoms with Crippen molar-refractivity contribution in [1.29, 1.82) is 0 Å². The molecule has 1 aliphatic rings. The third-order valence-electron chi connectivity index (χ3n) is 6.05. The van der Waals surface area contributed by atoms with E-state index in [2.05, 4.69) is 15.4 Å². The Morgan fingerprint density at radius 2 is 2.03 bits per heavy atom. The van der Waals surface area contributed by atoms with Crippen molar-refractivity contribution in [3.63, 3.8) is 0 Å². The summed E-state index contributed by atoms with van der Waals surface area (Å²) in [6.45, 7) is 2.82. The van der Waals surface area contributed by atoms with Crippen molar-refractivity contribution in [1.82, 2.24) is 25.0 Å². The highest BCUT2D eigenvalue weighted by Crippen LogP contribution is 2.27. The van der Waals surface area contributed by atoms with E-state index in [0.29, 0.717) is 36.4 Å². The van der Waals surface area contributed by atoms with Crippen molar-refractivity contribution in [3.8, 4) is 11.1 Å². The minimum absolute atomic E-state index is 0.156. The number of nitrogen functional groups attached to an aromatic ring is 1. The van der Waals surface area contributed by atoms with Crippen LogP contribution in [0.1, 0.15) is 32.9 Å². The number of carbonyl (C=O) groups excluding carboxylic acids is 2. The molecule has 168 valence electrons. The van der Waals surface area contributed by atoms with Crippen LogP contribution >= 0.6 is 0 Å². The number of nitrogens with one attached hydrogen (secondary N) is 1. The van der Waals surface area contributed by atoms with E-state index in [1.807, 2.05) is 44.4 Å². The maximum atomic E-state index is 13.1. The lowest BCUT2D eigenvalue weighted by Gasteiger charge is -2.17. The van der Waals surface area contributed by atoms with E-state index in [0.717, 1.165) is 22.1 Å². The third-order valence-corrected chi connectivity index (χ3v) is 6.05. The molecule has 9 heteroatoms. The zero-order valence-electron chi connectivity index (χ0n) is 18.4. The molecule has 2 amide bonds. The van der Waals surface area contributed by atoms with Crippen LogP contribution in [0.4, 0.5) is 5.82 Å². The predicted octanol–water partition coefficient (Wildman–Crippen LogP) is 2.76. The standard InChI is InChI=1S/C24H24N6O3/c1-14-18-5-3-4-6-20(18)33-21(14)24(32)30-8-7-17(13-30)28-23(31)19-9-15(10-26-22(19)25)16-11-27-29(2)12-16/h3-6,9-12,17H,7-8,13H2,1-2H3,(H2,25,26)(H,28,31)/t17-/m1/s1. The molecule has 0 spiro atoms. The molecule has 9 nitrogen and oxygen atoms in total. The molecule has 1 aliphatic heterocycles. The molecule has 0 aliphatic carbocycles. The third kappa shape index (κ3) is 3.82. The molecule has 1 atom stereocenters. The first-order valence-corrected chi connectivity index (χ1v) is 10.7. The average molecular weight is 444 g/mol. The molecule has 3 aromatic heterocycles. The fraction of sp³-hybridized carbons (Fsp3) is 0.250. The van der Waals surface area contributed by atoms with Crippen LogP contribution in [0.5, 0.6) is 0 Å². The van der Waals surface area contributed by atoms with Gasteiger partial charge in [-0.15, -0.1) is 0 Å². The molecule has 0 unspecified atom stereocenters. The smallest absolute Gasteiger partial charge is 0.289 e. The number of para-hydroxylation sites is 1. The summed E-state index contributed by atoms with van der Waals surface area (Å²) in [7, 11) is 1.82. The number of hydrogen-bond acceptors (Lipinski definition) is 6. The van der Waals surface area contributed by atoms with Crippen molar-refractivity contribution in [2.45, 2.75) is 19.4 Å². The van der Waals surface area contributed by atoms with Crippen molar-refractivity contribution < 1.29 is 14.0 Å². The van der Waals surface area contributed by atoms with E-state index in [-0.39, 0.29) is 23.7 Å². The molecule has 0 bridgehead atoms. The highest BCUT2D eigenvalue weighted by molar-refractivity contribution is 6.00. The molecule has 4 aromatic rings. The summed E-state index contributed by atoms with van der Waals surface area (Å²) in [6.07, 6.45) is 5.81. The Hall–Kier alpha value is -4.14. The number of nitrogens with zero attached hydrogens (tertiary/aromatic N) is 4. The van der Waals surface area contributed by atoms with Crippen LogP contribution in [0.25, 0.3) is 22.1 Å². The van der Waals surface area contributed by atoms with E-state index in [1.54, 1.807) is 28.0 Å². The summed E-state index contributed by atoms with van der Waals surface area (Å²) in [5, 5.41) is 8.08. The van der Waals surface area contributed by atoms with Crippen molar-refractivity contribution in [2.75, 3.05) is 18.8 Å². The molecule has 1 fully saturated rings. The fourth-order valence-corrected chi connectivity index (χ4v) is 4.23. The predicted molar refractivity (Wildman–Crippen MR) is 124 cm³/mol. The number of anilines is 1. The Bertz CT molecular complexity index is 1370. The van der Waals surface area contributed by atoms with Gasteiger partial charge in [0, 0.05) is 60.6 Å². The van der Waals surface area contributed by atoms with Gasteiger partial charge in [-0.3, -0.25) is 14.3 Å². The van der Waals surface area contributed by atoms with Gasteiger partial charge >= 0.3 is 0 Å². The number of carbonyl (C=O) groups is 2. The zero-order chi connectivity index (χ0) is 23.1. The normalized spacial score (nSPS) is 15.8. The fourth-order valence-electron chi connectivity index (χ4n) is 4.23. The lowest BCUT2D eigenvalue weighted by molar-refractivity contribution is 0.0754. The largest absolute Gasteiger partial charge is 0.451 e. The van der Waals surface area contributed by atoms with Gasteiger partial charge in [0.25, 0.3) is 11.8 Å². The number of likely N-dealkylation sites (tertiary alicyclic amines) is 1. The first-order chi connectivity index (χ1) is 15.9. The first-order valence-electron chi connectivity index (χ1n) is 10.7. The number of fused-ring (bicyclic) bond motifs is 1. The van der Waals surface area contributed by atoms with Crippen LogP contribution in [-0.4, -0.2) is 50.6 Å². The number of rotatable bonds is 4. The zero-order valence-corrected chi connectivity index (χ0v) is 18.4. The molecule has 1 aromatic carbocycles. The summed E-state index contributed by atoms with van der Waals surface area (Å²) in [4.78, 5) is 31.9. The van der Waals surface area contributed by atoms with E-state index >= 15 is 0 Å². The lowest BCUT2D eigenvalue weighted by atomic mass is 10.1. The average Bonchev–Trinajstić information content (AvgIpc) is 3.53. The first kappa shape index (κ1) is 20.7. The second-order valence-electron chi connectivity index (χ2n) is 8.32. The maximum absolute atomic E-state index is 13.1. The number of aryl methyl sites for hydroxylation is 2. The molecule has 0 saturated carbocycles. The van der Waals surface area contributed by atoms with Gasteiger partial charge in [-0.2, -0.15) is 5.10 Å². The van der Waals surface area contributed by atoms with E-state index in [4.69, 9.17) is 10.2 Å². The highest BCUT2D eigenvalue weighted by Gasteiger charge is 2.31. The van der Waals surface area contributed by atoms with Crippen molar-refractivity contribution in [2.24, 2.45) is 7.05 Å². The van der Waals surface area contributed by atoms with Gasteiger partial charge in [-0.25, -0.2) is 4.98 Å². The molecule has 0 radical (unpaired) electrons. The molecular formula is C24H24N6O3. The number of aromatic nitrogens is 3. The second-order valence-corrected chi connectivity index (χ2v) is 8.32. The van der Waals surface area contributed by atoms with E-state index in [1.165, 1.54) is 0 Å². The number of benzene rings is 1. The monoisotopic (exact) mass is 444 g/mol. The Morgan fingerprint density at radius 1 is 1.21 bits per heavy atom. The Balaban J connectivity index is 1.29.